The van der Waals surface area contributed by atoms with Gasteiger partial charge < -0.3 is 5.11 Å². The summed E-state index contributed by atoms with van der Waals surface area (Å²) in [6.45, 7) is 2.10. The van der Waals surface area contributed by atoms with Crippen molar-refractivity contribution in [3.8, 4) is 0 Å². The van der Waals surface area contributed by atoms with E-state index in [9.17, 15) is 8.42 Å². The minimum absolute atomic E-state index is 0.188. The highest BCUT2D eigenvalue weighted by Gasteiger charge is 2.19. The monoisotopic (exact) mass is 281 g/mol. The number of aliphatic hydroxyl groups excluding tert-OH is 1. The van der Waals surface area contributed by atoms with E-state index in [0.29, 0.717) is 11.4 Å². The summed E-state index contributed by atoms with van der Waals surface area (Å²) in [5.41, 5.74) is 0. The van der Waals surface area contributed by atoms with Gasteiger partial charge in [-0.2, -0.15) is 11.8 Å². The number of sulfonamides is 1. The third-order valence-corrected chi connectivity index (χ3v) is 5.62. The quantitative estimate of drug-likeness (QED) is 0.824. The average Bonchev–Trinajstić information content (AvgIpc) is 2.74. The van der Waals surface area contributed by atoms with E-state index in [0.717, 1.165) is 0 Å². The number of hydrogen-bond acceptors (Lipinski definition) is 5. The van der Waals surface area contributed by atoms with Gasteiger partial charge in [0.2, 0.25) is 10.0 Å². The van der Waals surface area contributed by atoms with Crippen LogP contribution in [0.3, 0.4) is 0 Å². The molecular formula is C9H15NO3S3. The van der Waals surface area contributed by atoms with Gasteiger partial charge in [-0.3, -0.25) is 0 Å². The molecule has 7 heteroatoms. The van der Waals surface area contributed by atoms with Crippen molar-refractivity contribution in [3.63, 3.8) is 0 Å². The van der Waals surface area contributed by atoms with Gasteiger partial charge in [0.15, 0.2) is 0 Å². The summed E-state index contributed by atoms with van der Waals surface area (Å²) in [7, 11) is -3.48. The fraction of sp³-hybridized carbons (Fsp3) is 0.556. The Hall–Kier alpha value is -0.0800. The molecule has 0 aliphatic carbocycles. The first-order chi connectivity index (χ1) is 7.51. The molecule has 0 bridgehead atoms. The third-order valence-electron chi connectivity index (χ3n) is 2.10. The van der Waals surface area contributed by atoms with Crippen molar-refractivity contribution >= 4 is 33.1 Å². The first kappa shape index (κ1) is 14.0. The van der Waals surface area contributed by atoms with Crippen LogP contribution in [0, 0.1) is 0 Å². The second kappa shape index (κ2) is 6.02. The molecule has 4 nitrogen and oxygen atoms in total. The van der Waals surface area contributed by atoms with Crippen LogP contribution < -0.4 is 4.72 Å². The zero-order chi connectivity index (χ0) is 12.2. The van der Waals surface area contributed by atoms with Crippen molar-refractivity contribution in [2.45, 2.75) is 23.7 Å². The van der Waals surface area contributed by atoms with Crippen LogP contribution in [0.1, 0.15) is 11.8 Å². The van der Waals surface area contributed by atoms with Crippen LogP contribution in [-0.4, -0.2) is 31.6 Å². The summed E-state index contributed by atoms with van der Waals surface area (Å²) < 4.78 is 26.3. The number of hydrogen-bond donors (Lipinski definition) is 2. The van der Waals surface area contributed by atoms with Gasteiger partial charge >= 0.3 is 0 Å². The molecule has 1 aromatic rings. The van der Waals surface area contributed by atoms with Crippen molar-refractivity contribution < 1.29 is 13.5 Å². The van der Waals surface area contributed by atoms with E-state index in [1.54, 1.807) is 17.1 Å². The van der Waals surface area contributed by atoms with E-state index in [1.807, 2.05) is 13.2 Å². The Morgan fingerprint density at radius 2 is 2.31 bits per heavy atom. The Kier molecular flexibility index (Phi) is 5.26. The molecule has 0 aromatic carbocycles. The molecule has 92 valence electrons. The van der Waals surface area contributed by atoms with Crippen LogP contribution >= 0.6 is 23.1 Å². The molecule has 0 aliphatic rings. The Balaban J connectivity index is 2.78. The molecule has 1 unspecified atom stereocenters. The Bertz CT molecular complexity index is 427. The van der Waals surface area contributed by atoms with Crippen molar-refractivity contribution in [2.75, 3.05) is 12.8 Å². The fourth-order valence-corrected chi connectivity index (χ4v) is 3.85. The lowest BCUT2D eigenvalue weighted by atomic mass is 10.5. The maximum Gasteiger partial charge on any atom is 0.241 e. The number of aliphatic hydroxyl groups is 1. The molecule has 0 fully saturated rings. The summed E-state index contributed by atoms with van der Waals surface area (Å²) in [5, 5.41) is 10.9. The van der Waals surface area contributed by atoms with Gasteiger partial charge in [0.1, 0.15) is 0 Å². The van der Waals surface area contributed by atoms with E-state index >= 15 is 0 Å². The molecule has 0 amide bonds. The van der Waals surface area contributed by atoms with E-state index in [2.05, 4.69) is 4.72 Å². The second-order valence-corrected chi connectivity index (χ2v) is 7.28. The van der Waals surface area contributed by atoms with Crippen molar-refractivity contribution in [3.05, 3.63) is 16.3 Å². The zero-order valence-electron chi connectivity index (χ0n) is 9.13. The summed E-state index contributed by atoms with van der Waals surface area (Å²) in [5.74, 6) is 0. The minimum Gasteiger partial charge on any atom is -0.391 e. The largest absolute Gasteiger partial charge is 0.391 e. The van der Waals surface area contributed by atoms with Gasteiger partial charge in [-0.1, -0.05) is 6.92 Å². The van der Waals surface area contributed by atoms with Crippen molar-refractivity contribution in [2.24, 2.45) is 0 Å². The molecule has 1 rings (SSSR count). The fourth-order valence-electron chi connectivity index (χ4n) is 1.07. The summed E-state index contributed by atoms with van der Waals surface area (Å²) >= 11 is 2.84. The zero-order valence-corrected chi connectivity index (χ0v) is 11.6. The van der Waals surface area contributed by atoms with Gasteiger partial charge in [-0.25, -0.2) is 13.1 Å². The first-order valence-corrected chi connectivity index (χ1v) is 8.36. The van der Waals surface area contributed by atoms with Gasteiger partial charge in [-0.05, 0) is 17.7 Å². The number of rotatable bonds is 6. The Morgan fingerprint density at radius 3 is 2.88 bits per heavy atom. The highest BCUT2D eigenvalue weighted by atomic mass is 32.2. The lowest BCUT2D eigenvalue weighted by molar-refractivity contribution is 0.282. The predicted octanol–water partition coefficient (Wildman–Crippen LogP) is 1.27. The van der Waals surface area contributed by atoms with Crippen LogP contribution in [0.25, 0.3) is 0 Å². The smallest absolute Gasteiger partial charge is 0.241 e. The molecule has 0 spiro atoms. The number of nitrogens with one attached hydrogen (secondary N) is 1. The molecule has 1 aromatic heterocycles. The number of thioether (sulfide) groups is 1. The molecule has 16 heavy (non-hydrogen) atoms. The SMILES string of the molecule is CSC(C)CNS(=O)(=O)c1ccsc1CO. The minimum atomic E-state index is -3.48. The number of thiophene rings is 1. The van der Waals surface area contributed by atoms with E-state index in [-0.39, 0.29) is 16.8 Å². The molecular weight excluding hydrogens is 266 g/mol. The van der Waals surface area contributed by atoms with Crippen LogP contribution in [0.5, 0.6) is 0 Å². The first-order valence-electron chi connectivity index (χ1n) is 4.71. The topological polar surface area (TPSA) is 66.4 Å². The summed E-state index contributed by atoms with van der Waals surface area (Å²) in [4.78, 5) is 0.664. The lowest BCUT2D eigenvalue weighted by Crippen LogP contribution is -2.29. The molecule has 1 heterocycles. The Labute approximate surface area is 104 Å². The molecule has 0 radical (unpaired) electrons. The molecule has 0 aliphatic heterocycles. The van der Waals surface area contributed by atoms with Crippen LogP contribution in [-0.2, 0) is 16.6 Å². The highest BCUT2D eigenvalue weighted by molar-refractivity contribution is 7.99. The van der Waals surface area contributed by atoms with E-state index in [4.69, 9.17) is 5.11 Å². The van der Waals surface area contributed by atoms with Crippen LogP contribution in [0.15, 0.2) is 16.3 Å². The van der Waals surface area contributed by atoms with E-state index in [1.165, 1.54) is 17.4 Å². The summed E-state index contributed by atoms with van der Waals surface area (Å²) in [6, 6.07) is 1.52. The maximum atomic E-state index is 11.9. The summed E-state index contributed by atoms with van der Waals surface area (Å²) in [6.07, 6.45) is 1.93. The molecule has 1 atom stereocenters. The van der Waals surface area contributed by atoms with Crippen molar-refractivity contribution in [1.29, 1.82) is 0 Å². The van der Waals surface area contributed by atoms with E-state index < -0.39 is 10.0 Å². The average molecular weight is 281 g/mol. The molecule has 0 saturated heterocycles. The molecule has 2 N–H and O–H groups in total. The second-order valence-electron chi connectivity index (χ2n) is 3.26. The van der Waals surface area contributed by atoms with Crippen molar-refractivity contribution in [1.82, 2.24) is 4.72 Å². The van der Waals surface area contributed by atoms with Gasteiger partial charge in [-0.15, -0.1) is 11.3 Å². The highest BCUT2D eigenvalue weighted by Crippen LogP contribution is 2.21. The Morgan fingerprint density at radius 1 is 1.62 bits per heavy atom. The molecule has 0 saturated carbocycles. The predicted molar refractivity (Wildman–Crippen MR) is 68.4 cm³/mol. The van der Waals surface area contributed by atoms with Gasteiger partial charge in [0, 0.05) is 16.7 Å². The standard InChI is InChI=1S/C9H15NO3S3/c1-7(14-2)5-10-16(12,13)9-3-4-15-8(9)6-11/h3-4,7,10-11H,5-6H2,1-2H3. The van der Waals surface area contributed by atoms with Crippen LogP contribution in [0.4, 0.5) is 0 Å². The maximum absolute atomic E-state index is 11.9. The third kappa shape index (κ3) is 3.46. The van der Waals surface area contributed by atoms with Gasteiger partial charge in [0.05, 0.1) is 11.5 Å². The van der Waals surface area contributed by atoms with Gasteiger partial charge in [0.25, 0.3) is 0 Å². The lowest BCUT2D eigenvalue weighted by Gasteiger charge is -2.10. The van der Waals surface area contributed by atoms with Crippen LogP contribution in [0.2, 0.25) is 0 Å². The normalized spacial score (nSPS) is 13.9.